The van der Waals surface area contributed by atoms with Crippen LogP contribution in [0.25, 0.3) is 5.69 Å². The van der Waals surface area contributed by atoms with E-state index in [1.165, 1.54) is 12.1 Å². The van der Waals surface area contributed by atoms with E-state index >= 15 is 0 Å². The summed E-state index contributed by atoms with van der Waals surface area (Å²) in [5.74, 6) is -0.332. The van der Waals surface area contributed by atoms with Gasteiger partial charge < -0.3 is 4.74 Å². The summed E-state index contributed by atoms with van der Waals surface area (Å²) in [5, 5.41) is 4.30. The van der Waals surface area contributed by atoms with Crippen molar-refractivity contribution >= 4 is 5.97 Å². The lowest BCUT2D eigenvalue weighted by atomic mass is 10.1. The number of hydrogen-bond acceptors (Lipinski definition) is 3. The van der Waals surface area contributed by atoms with Crippen LogP contribution in [-0.2, 0) is 11.2 Å². The Bertz CT molecular complexity index is 618. The molecule has 0 aliphatic heterocycles. The first-order chi connectivity index (χ1) is 10.0. The molecule has 1 aromatic carbocycles. The average molecular weight is 290 g/mol. The van der Waals surface area contributed by atoms with E-state index in [-0.39, 0.29) is 11.5 Å². The summed E-state index contributed by atoms with van der Waals surface area (Å²) in [4.78, 5) is 11.8. The van der Waals surface area contributed by atoms with Crippen LogP contribution in [0, 0.1) is 11.7 Å². The van der Waals surface area contributed by atoms with Gasteiger partial charge in [-0.3, -0.25) is 0 Å². The highest BCUT2D eigenvalue weighted by Gasteiger charge is 2.17. The lowest BCUT2D eigenvalue weighted by Crippen LogP contribution is -2.07. The van der Waals surface area contributed by atoms with Crippen molar-refractivity contribution in [3.63, 3.8) is 0 Å². The van der Waals surface area contributed by atoms with Crippen LogP contribution in [-0.4, -0.2) is 22.4 Å². The average Bonchev–Trinajstić information content (AvgIpc) is 2.83. The normalized spacial score (nSPS) is 10.9. The molecule has 0 saturated heterocycles. The summed E-state index contributed by atoms with van der Waals surface area (Å²) in [6, 6.07) is 7.77. The smallest absolute Gasteiger partial charge is 0.358 e. The van der Waals surface area contributed by atoms with Gasteiger partial charge in [-0.15, -0.1) is 0 Å². The molecule has 1 heterocycles. The highest BCUT2D eigenvalue weighted by molar-refractivity contribution is 5.87. The number of carbonyl (C=O) groups is 1. The number of rotatable bonds is 5. The number of halogens is 1. The zero-order chi connectivity index (χ0) is 15.4. The SMILES string of the molecule is CCOC(=O)c1cc(CC(C)C)n(-c2ccc(F)cc2)n1. The zero-order valence-corrected chi connectivity index (χ0v) is 12.5. The van der Waals surface area contributed by atoms with Gasteiger partial charge in [0.15, 0.2) is 5.69 Å². The predicted molar refractivity (Wildman–Crippen MR) is 78.0 cm³/mol. The lowest BCUT2D eigenvalue weighted by molar-refractivity contribution is 0.0519. The van der Waals surface area contributed by atoms with E-state index < -0.39 is 5.97 Å². The first-order valence-electron chi connectivity index (χ1n) is 7.03. The van der Waals surface area contributed by atoms with Crippen molar-refractivity contribution < 1.29 is 13.9 Å². The van der Waals surface area contributed by atoms with Crippen molar-refractivity contribution in [1.29, 1.82) is 0 Å². The highest BCUT2D eigenvalue weighted by atomic mass is 19.1. The Morgan fingerprint density at radius 1 is 1.33 bits per heavy atom. The number of aromatic nitrogens is 2. The van der Waals surface area contributed by atoms with Crippen molar-refractivity contribution in [1.82, 2.24) is 9.78 Å². The molecule has 1 aromatic heterocycles. The molecule has 0 amide bonds. The lowest BCUT2D eigenvalue weighted by Gasteiger charge is -2.09. The van der Waals surface area contributed by atoms with Crippen molar-refractivity contribution in [3.8, 4) is 5.69 Å². The number of ether oxygens (including phenoxy) is 1. The molecule has 21 heavy (non-hydrogen) atoms. The third-order valence-corrected chi connectivity index (χ3v) is 2.96. The van der Waals surface area contributed by atoms with Crippen LogP contribution in [0.4, 0.5) is 4.39 Å². The standard InChI is InChI=1S/C16H19FN2O2/c1-4-21-16(20)15-10-14(9-11(2)3)19(18-15)13-7-5-12(17)6-8-13/h5-8,10-11H,4,9H2,1-3H3. The third-order valence-electron chi connectivity index (χ3n) is 2.96. The van der Waals surface area contributed by atoms with Crippen molar-refractivity contribution in [2.24, 2.45) is 5.92 Å². The van der Waals surface area contributed by atoms with Gasteiger partial charge in [-0.05, 0) is 49.6 Å². The Balaban J connectivity index is 2.41. The topological polar surface area (TPSA) is 44.1 Å². The van der Waals surface area contributed by atoms with Gasteiger partial charge in [0.05, 0.1) is 12.3 Å². The zero-order valence-electron chi connectivity index (χ0n) is 12.5. The van der Waals surface area contributed by atoms with Gasteiger partial charge in [0.25, 0.3) is 0 Å². The molecule has 0 fully saturated rings. The maximum absolute atomic E-state index is 13.0. The van der Waals surface area contributed by atoms with Gasteiger partial charge >= 0.3 is 5.97 Å². The Kier molecular flexibility index (Phi) is 4.73. The molecule has 4 nitrogen and oxygen atoms in total. The van der Waals surface area contributed by atoms with E-state index in [2.05, 4.69) is 18.9 Å². The summed E-state index contributed by atoms with van der Waals surface area (Å²) in [6.07, 6.45) is 0.768. The Morgan fingerprint density at radius 2 is 2.00 bits per heavy atom. The minimum atomic E-state index is -0.441. The first kappa shape index (κ1) is 15.2. The van der Waals surface area contributed by atoms with Gasteiger partial charge in [-0.2, -0.15) is 5.10 Å². The molecule has 0 aliphatic carbocycles. The molecule has 0 radical (unpaired) electrons. The van der Waals surface area contributed by atoms with Crippen LogP contribution in [0.5, 0.6) is 0 Å². The van der Waals surface area contributed by atoms with Gasteiger partial charge in [0, 0.05) is 5.69 Å². The van der Waals surface area contributed by atoms with Crippen molar-refractivity contribution in [3.05, 3.63) is 47.5 Å². The number of benzene rings is 1. The fourth-order valence-corrected chi connectivity index (χ4v) is 2.09. The molecular weight excluding hydrogens is 271 g/mol. The van der Waals surface area contributed by atoms with Gasteiger partial charge in [-0.25, -0.2) is 13.9 Å². The molecule has 0 bridgehead atoms. The van der Waals surface area contributed by atoms with E-state index in [1.54, 1.807) is 29.8 Å². The van der Waals surface area contributed by atoms with Crippen LogP contribution in [0.3, 0.4) is 0 Å². The summed E-state index contributed by atoms with van der Waals surface area (Å²) >= 11 is 0. The quantitative estimate of drug-likeness (QED) is 0.793. The molecule has 2 rings (SSSR count). The molecule has 5 heteroatoms. The number of nitrogens with zero attached hydrogens (tertiary/aromatic N) is 2. The minimum Gasteiger partial charge on any atom is -0.461 e. The second kappa shape index (κ2) is 6.52. The van der Waals surface area contributed by atoms with E-state index in [0.717, 1.165) is 17.8 Å². The summed E-state index contributed by atoms with van der Waals surface area (Å²) in [5.41, 5.74) is 1.90. The predicted octanol–water partition coefficient (Wildman–Crippen LogP) is 3.39. The molecular formula is C16H19FN2O2. The number of esters is 1. The molecule has 0 N–H and O–H groups in total. The van der Waals surface area contributed by atoms with Crippen molar-refractivity contribution in [2.75, 3.05) is 6.61 Å². The summed E-state index contributed by atoms with van der Waals surface area (Å²) in [6.45, 7) is 6.24. The largest absolute Gasteiger partial charge is 0.461 e. The molecule has 0 spiro atoms. The third kappa shape index (κ3) is 3.68. The fraction of sp³-hybridized carbons (Fsp3) is 0.375. The van der Waals surface area contributed by atoms with Crippen molar-refractivity contribution in [2.45, 2.75) is 27.2 Å². The molecule has 0 atom stereocenters. The number of carbonyl (C=O) groups excluding carboxylic acids is 1. The van der Waals surface area contributed by atoms with Crippen LogP contribution < -0.4 is 0 Å². The van der Waals surface area contributed by atoms with Crippen LogP contribution >= 0.6 is 0 Å². The fourth-order valence-electron chi connectivity index (χ4n) is 2.09. The second-order valence-corrected chi connectivity index (χ2v) is 5.23. The van der Waals surface area contributed by atoms with Gasteiger partial charge in [-0.1, -0.05) is 13.8 Å². The molecule has 2 aromatic rings. The second-order valence-electron chi connectivity index (χ2n) is 5.23. The Labute approximate surface area is 123 Å². The monoisotopic (exact) mass is 290 g/mol. The van der Waals surface area contributed by atoms with E-state index in [4.69, 9.17) is 4.74 Å². The van der Waals surface area contributed by atoms with Gasteiger partial charge in [0.1, 0.15) is 5.82 Å². The Hall–Kier alpha value is -2.17. The van der Waals surface area contributed by atoms with Crippen LogP contribution in [0.2, 0.25) is 0 Å². The van der Waals surface area contributed by atoms with Crippen LogP contribution in [0.15, 0.2) is 30.3 Å². The van der Waals surface area contributed by atoms with E-state index in [0.29, 0.717) is 12.5 Å². The maximum atomic E-state index is 13.0. The van der Waals surface area contributed by atoms with Crippen LogP contribution in [0.1, 0.15) is 37.0 Å². The molecule has 0 saturated carbocycles. The first-order valence-corrected chi connectivity index (χ1v) is 7.03. The number of hydrogen-bond donors (Lipinski definition) is 0. The molecule has 0 aliphatic rings. The molecule has 112 valence electrons. The maximum Gasteiger partial charge on any atom is 0.358 e. The summed E-state index contributed by atoms with van der Waals surface area (Å²) in [7, 11) is 0. The minimum absolute atomic E-state index is 0.275. The molecule has 0 unspecified atom stereocenters. The Morgan fingerprint density at radius 3 is 2.57 bits per heavy atom. The highest BCUT2D eigenvalue weighted by Crippen LogP contribution is 2.17. The van der Waals surface area contributed by atoms with E-state index in [9.17, 15) is 9.18 Å². The van der Waals surface area contributed by atoms with E-state index in [1.807, 2.05) is 0 Å². The van der Waals surface area contributed by atoms with Gasteiger partial charge in [0.2, 0.25) is 0 Å². The summed E-state index contributed by atoms with van der Waals surface area (Å²) < 4.78 is 19.7.